The Morgan fingerprint density at radius 3 is 3.06 bits per heavy atom. The number of rotatable bonds is 5. The van der Waals surface area contributed by atoms with Crippen molar-refractivity contribution in [3.63, 3.8) is 0 Å². The molecule has 0 saturated heterocycles. The molecule has 1 aromatic heterocycles. The lowest BCUT2D eigenvalue weighted by Crippen LogP contribution is -1.96. The van der Waals surface area contributed by atoms with Crippen LogP contribution in [0.2, 0.25) is 0 Å². The molecule has 4 heteroatoms. The number of aliphatic carboxylic acids is 1. The molecule has 88 valence electrons. The first-order chi connectivity index (χ1) is 8.25. The van der Waals surface area contributed by atoms with E-state index in [0.717, 1.165) is 16.7 Å². The van der Waals surface area contributed by atoms with E-state index >= 15 is 0 Å². The smallest absolute Gasteiger partial charge is 0.304 e. The highest BCUT2D eigenvalue weighted by molar-refractivity contribution is 7.98. The zero-order valence-corrected chi connectivity index (χ0v) is 10.1. The Morgan fingerprint density at radius 2 is 2.24 bits per heavy atom. The lowest BCUT2D eigenvalue weighted by atomic mass is 10.1. The fourth-order valence-electron chi connectivity index (χ4n) is 1.56. The van der Waals surface area contributed by atoms with Crippen LogP contribution in [0, 0.1) is 0 Å². The normalized spacial score (nSPS) is 10.6. The number of nitrogens with zero attached hydrogens (tertiary/aromatic N) is 1. The highest BCUT2D eigenvalue weighted by atomic mass is 32.2. The number of carboxylic acids is 1. The fourth-order valence-corrected chi connectivity index (χ4v) is 2.44. The standard InChI is InChI=1S/C13H13NO2S/c15-13(16)5-7-17-9-10-3-4-12-11(8-10)2-1-6-14-12/h1-4,6,8H,5,7,9H2,(H,15,16). The van der Waals surface area contributed by atoms with Crippen molar-refractivity contribution in [1.82, 2.24) is 4.98 Å². The van der Waals surface area contributed by atoms with E-state index in [0.29, 0.717) is 5.75 Å². The van der Waals surface area contributed by atoms with Gasteiger partial charge in [-0.3, -0.25) is 9.78 Å². The second-order valence-electron chi connectivity index (χ2n) is 3.73. The maximum atomic E-state index is 10.4. The number of fused-ring (bicyclic) bond motifs is 1. The van der Waals surface area contributed by atoms with E-state index in [-0.39, 0.29) is 6.42 Å². The Hall–Kier alpha value is -1.55. The third-order valence-corrected chi connectivity index (χ3v) is 3.43. The molecule has 1 N–H and O–H groups in total. The van der Waals surface area contributed by atoms with Crippen LogP contribution < -0.4 is 0 Å². The molecule has 0 radical (unpaired) electrons. The van der Waals surface area contributed by atoms with E-state index in [1.807, 2.05) is 24.3 Å². The summed E-state index contributed by atoms with van der Waals surface area (Å²) in [6.45, 7) is 0. The van der Waals surface area contributed by atoms with Gasteiger partial charge >= 0.3 is 5.97 Å². The van der Waals surface area contributed by atoms with E-state index in [1.165, 1.54) is 5.56 Å². The Balaban J connectivity index is 1.97. The summed E-state index contributed by atoms with van der Waals surface area (Å²) < 4.78 is 0. The SMILES string of the molecule is O=C(O)CCSCc1ccc2ncccc2c1. The number of carboxylic acid groups (broad SMARTS) is 1. The largest absolute Gasteiger partial charge is 0.481 e. The molecule has 3 nitrogen and oxygen atoms in total. The number of hydrogen-bond acceptors (Lipinski definition) is 3. The van der Waals surface area contributed by atoms with Crippen LogP contribution in [-0.4, -0.2) is 21.8 Å². The van der Waals surface area contributed by atoms with Gasteiger partial charge in [0.25, 0.3) is 0 Å². The quantitative estimate of drug-likeness (QED) is 0.825. The molecule has 0 spiro atoms. The lowest BCUT2D eigenvalue weighted by Gasteiger charge is -2.02. The van der Waals surface area contributed by atoms with Crippen molar-refractivity contribution >= 4 is 28.6 Å². The summed E-state index contributed by atoms with van der Waals surface area (Å²) in [4.78, 5) is 14.6. The van der Waals surface area contributed by atoms with Gasteiger partial charge in [-0.1, -0.05) is 12.1 Å². The van der Waals surface area contributed by atoms with Gasteiger partial charge in [0, 0.05) is 23.1 Å². The van der Waals surface area contributed by atoms with Crippen LogP contribution in [0.5, 0.6) is 0 Å². The molecule has 0 unspecified atom stereocenters. The van der Waals surface area contributed by atoms with Crippen LogP contribution in [0.1, 0.15) is 12.0 Å². The molecule has 0 aliphatic rings. The van der Waals surface area contributed by atoms with E-state index in [2.05, 4.69) is 11.1 Å². The number of aromatic nitrogens is 1. The highest BCUT2D eigenvalue weighted by Gasteiger charge is 1.99. The average Bonchev–Trinajstić information content (AvgIpc) is 2.34. The van der Waals surface area contributed by atoms with Crippen LogP contribution in [0.4, 0.5) is 0 Å². The second-order valence-corrected chi connectivity index (χ2v) is 4.83. The minimum Gasteiger partial charge on any atom is -0.481 e. The fraction of sp³-hybridized carbons (Fsp3) is 0.231. The van der Waals surface area contributed by atoms with Gasteiger partial charge in [-0.2, -0.15) is 11.8 Å². The highest BCUT2D eigenvalue weighted by Crippen LogP contribution is 2.18. The topological polar surface area (TPSA) is 50.2 Å². The zero-order valence-electron chi connectivity index (χ0n) is 9.30. The molecule has 1 aromatic carbocycles. The van der Waals surface area contributed by atoms with Crippen molar-refractivity contribution in [3.8, 4) is 0 Å². The van der Waals surface area contributed by atoms with E-state index < -0.39 is 5.97 Å². The summed E-state index contributed by atoms with van der Waals surface area (Å²) >= 11 is 1.64. The summed E-state index contributed by atoms with van der Waals surface area (Å²) in [5.41, 5.74) is 2.20. The Bertz CT molecular complexity index is 528. The van der Waals surface area contributed by atoms with Crippen LogP contribution in [0.3, 0.4) is 0 Å². The third-order valence-electron chi connectivity index (χ3n) is 2.40. The molecule has 17 heavy (non-hydrogen) atoms. The first kappa shape index (κ1) is 11.9. The molecule has 0 bridgehead atoms. The first-order valence-corrected chi connectivity index (χ1v) is 6.54. The van der Waals surface area contributed by atoms with Crippen LogP contribution >= 0.6 is 11.8 Å². The number of hydrogen-bond donors (Lipinski definition) is 1. The number of benzene rings is 1. The molecule has 0 atom stereocenters. The Morgan fingerprint density at radius 1 is 1.35 bits per heavy atom. The second kappa shape index (κ2) is 5.68. The number of thioether (sulfide) groups is 1. The number of carbonyl (C=O) groups is 1. The Labute approximate surface area is 104 Å². The summed E-state index contributed by atoms with van der Waals surface area (Å²) in [5, 5.41) is 9.66. The molecular formula is C13H13NO2S. The van der Waals surface area contributed by atoms with E-state index in [9.17, 15) is 4.79 Å². The van der Waals surface area contributed by atoms with Crippen LogP contribution in [-0.2, 0) is 10.5 Å². The summed E-state index contributed by atoms with van der Waals surface area (Å²) in [7, 11) is 0. The van der Waals surface area contributed by atoms with Gasteiger partial charge in [0.1, 0.15) is 0 Å². The number of pyridine rings is 1. The van der Waals surface area contributed by atoms with E-state index in [4.69, 9.17) is 5.11 Å². The molecule has 2 rings (SSSR count). The molecule has 0 aliphatic carbocycles. The van der Waals surface area contributed by atoms with Gasteiger partial charge in [-0.15, -0.1) is 0 Å². The summed E-state index contributed by atoms with van der Waals surface area (Å²) in [6, 6.07) is 10.1. The van der Waals surface area contributed by atoms with Crippen LogP contribution in [0.25, 0.3) is 10.9 Å². The predicted molar refractivity (Wildman–Crippen MR) is 70.2 cm³/mol. The van der Waals surface area contributed by atoms with Crippen molar-refractivity contribution in [1.29, 1.82) is 0 Å². The first-order valence-electron chi connectivity index (χ1n) is 5.39. The van der Waals surface area contributed by atoms with Gasteiger partial charge in [-0.05, 0) is 23.8 Å². The van der Waals surface area contributed by atoms with E-state index in [1.54, 1.807) is 18.0 Å². The maximum Gasteiger partial charge on any atom is 0.304 e. The van der Waals surface area contributed by atoms with Crippen LogP contribution in [0.15, 0.2) is 36.5 Å². The van der Waals surface area contributed by atoms with Gasteiger partial charge in [-0.25, -0.2) is 0 Å². The molecule has 1 heterocycles. The van der Waals surface area contributed by atoms with Gasteiger partial charge in [0.05, 0.1) is 11.9 Å². The minimum atomic E-state index is -0.736. The van der Waals surface area contributed by atoms with Crippen molar-refractivity contribution in [2.75, 3.05) is 5.75 Å². The molecule has 0 aliphatic heterocycles. The monoisotopic (exact) mass is 247 g/mol. The third kappa shape index (κ3) is 3.46. The van der Waals surface area contributed by atoms with Crippen molar-refractivity contribution in [3.05, 3.63) is 42.1 Å². The molecule has 0 amide bonds. The molecule has 2 aromatic rings. The van der Waals surface area contributed by atoms with Crippen molar-refractivity contribution < 1.29 is 9.90 Å². The molecular weight excluding hydrogens is 234 g/mol. The maximum absolute atomic E-state index is 10.4. The summed E-state index contributed by atoms with van der Waals surface area (Å²) in [5.74, 6) is 0.763. The molecule has 0 saturated carbocycles. The summed E-state index contributed by atoms with van der Waals surface area (Å²) in [6.07, 6.45) is 2.00. The van der Waals surface area contributed by atoms with Gasteiger partial charge < -0.3 is 5.11 Å². The molecule has 0 fully saturated rings. The zero-order chi connectivity index (χ0) is 12.1. The average molecular weight is 247 g/mol. The van der Waals surface area contributed by atoms with Crippen molar-refractivity contribution in [2.45, 2.75) is 12.2 Å². The minimum absolute atomic E-state index is 0.222. The predicted octanol–water partition coefficient (Wildman–Crippen LogP) is 2.94. The van der Waals surface area contributed by atoms with Gasteiger partial charge in [0.15, 0.2) is 0 Å². The Kier molecular flexibility index (Phi) is 3.98. The van der Waals surface area contributed by atoms with Gasteiger partial charge in [0.2, 0.25) is 0 Å². The van der Waals surface area contributed by atoms with Crippen molar-refractivity contribution in [2.24, 2.45) is 0 Å². The lowest BCUT2D eigenvalue weighted by molar-refractivity contribution is -0.136.